The summed E-state index contributed by atoms with van der Waals surface area (Å²) in [6.45, 7) is 3.76. The van der Waals surface area contributed by atoms with E-state index >= 15 is 0 Å². The molecule has 0 aliphatic rings. The highest BCUT2D eigenvalue weighted by Crippen LogP contribution is 2.17. The number of benzene rings is 2. The Morgan fingerprint density at radius 2 is 1.67 bits per heavy atom. The molecular formula is C18H21F2N. The van der Waals surface area contributed by atoms with Crippen LogP contribution in [-0.4, -0.2) is 13.1 Å². The van der Waals surface area contributed by atoms with Crippen LogP contribution >= 0.6 is 0 Å². The maximum absolute atomic E-state index is 13.8. The lowest BCUT2D eigenvalue weighted by molar-refractivity contribution is 0.467. The Kier molecular flexibility index (Phi) is 5.88. The number of halogens is 2. The Balaban J connectivity index is 2.07. The Hall–Kier alpha value is -1.74. The molecular weight excluding hydrogens is 268 g/mol. The van der Waals surface area contributed by atoms with Crippen molar-refractivity contribution < 1.29 is 8.78 Å². The van der Waals surface area contributed by atoms with Crippen molar-refractivity contribution in [2.75, 3.05) is 13.1 Å². The highest BCUT2D eigenvalue weighted by Gasteiger charge is 2.13. The van der Waals surface area contributed by atoms with Crippen molar-refractivity contribution in [3.63, 3.8) is 0 Å². The molecule has 2 aromatic carbocycles. The molecule has 1 N–H and O–H groups in total. The van der Waals surface area contributed by atoms with Gasteiger partial charge in [0.25, 0.3) is 0 Å². The van der Waals surface area contributed by atoms with Crippen molar-refractivity contribution in [3.8, 4) is 0 Å². The second-order valence-corrected chi connectivity index (χ2v) is 5.30. The fourth-order valence-electron chi connectivity index (χ4n) is 2.49. The summed E-state index contributed by atoms with van der Waals surface area (Å²) in [5, 5.41) is 3.32. The largest absolute Gasteiger partial charge is 0.317 e. The fourth-order valence-corrected chi connectivity index (χ4v) is 2.49. The van der Waals surface area contributed by atoms with Crippen molar-refractivity contribution in [2.45, 2.75) is 19.8 Å². The summed E-state index contributed by atoms with van der Waals surface area (Å²) < 4.78 is 26.8. The van der Waals surface area contributed by atoms with E-state index in [0.29, 0.717) is 6.42 Å². The van der Waals surface area contributed by atoms with Gasteiger partial charge in [0.1, 0.15) is 11.6 Å². The molecule has 1 atom stereocenters. The summed E-state index contributed by atoms with van der Waals surface area (Å²) in [5.74, 6) is -0.0958. The molecule has 3 heteroatoms. The summed E-state index contributed by atoms with van der Waals surface area (Å²) in [7, 11) is 0. The van der Waals surface area contributed by atoms with Gasteiger partial charge in [-0.25, -0.2) is 8.78 Å². The Morgan fingerprint density at radius 1 is 0.952 bits per heavy atom. The number of rotatable bonds is 7. The van der Waals surface area contributed by atoms with Crippen LogP contribution in [0.3, 0.4) is 0 Å². The fraction of sp³-hybridized carbons (Fsp3) is 0.333. The van der Waals surface area contributed by atoms with Gasteiger partial charge in [-0.15, -0.1) is 0 Å². The Bertz CT molecular complexity index is 551. The zero-order valence-electron chi connectivity index (χ0n) is 12.3. The van der Waals surface area contributed by atoms with E-state index in [9.17, 15) is 8.78 Å². The Morgan fingerprint density at radius 3 is 2.33 bits per heavy atom. The first-order valence-corrected chi connectivity index (χ1v) is 7.37. The number of hydrogen-bond acceptors (Lipinski definition) is 1. The molecule has 0 aromatic heterocycles. The molecule has 21 heavy (non-hydrogen) atoms. The highest BCUT2D eigenvalue weighted by molar-refractivity contribution is 5.20. The lowest BCUT2D eigenvalue weighted by Crippen LogP contribution is -2.26. The van der Waals surface area contributed by atoms with Crippen LogP contribution in [0.15, 0.2) is 48.5 Å². The van der Waals surface area contributed by atoms with Gasteiger partial charge in [0, 0.05) is 0 Å². The molecule has 1 nitrogen and oxygen atoms in total. The van der Waals surface area contributed by atoms with E-state index in [1.165, 1.54) is 18.2 Å². The SMILES string of the molecule is CCNCC(Cc1ccc(F)cc1)Cc1ccccc1F. The predicted molar refractivity (Wildman–Crippen MR) is 82.2 cm³/mol. The van der Waals surface area contributed by atoms with E-state index in [1.807, 2.05) is 12.1 Å². The molecule has 0 spiro atoms. The third kappa shape index (κ3) is 4.94. The lowest BCUT2D eigenvalue weighted by Gasteiger charge is -2.18. The molecule has 0 saturated carbocycles. The van der Waals surface area contributed by atoms with Crippen LogP contribution in [0.25, 0.3) is 0 Å². The molecule has 0 saturated heterocycles. The molecule has 1 unspecified atom stereocenters. The monoisotopic (exact) mass is 289 g/mol. The normalized spacial score (nSPS) is 12.3. The van der Waals surface area contributed by atoms with Crippen molar-refractivity contribution in [1.82, 2.24) is 5.32 Å². The molecule has 0 aliphatic heterocycles. The van der Waals surface area contributed by atoms with Crippen molar-refractivity contribution in [1.29, 1.82) is 0 Å². The van der Waals surface area contributed by atoms with Crippen LogP contribution in [0, 0.1) is 17.6 Å². The van der Waals surface area contributed by atoms with Gasteiger partial charge in [0.2, 0.25) is 0 Å². The summed E-state index contributed by atoms with van der Waals surface area (Å²) in [6, 6.07) is 13.5. The van der Waals surface area contributed by atoms with Crippen LogP contribution in [0.1, 0.15) is 18.1 Å². The smallest absolute Gasteiger partial charge is 0.126 e. The minimum Gasteiger partial charge on any atom is -0.317 e. The average molecular weight is 289 g/mol. The average Bonchev–Trinajstić information content (AvgIpc) is 2.49. The summed E-state index contributed by atoms with van der Waals surface area (Å²) in [6.07, 6.45) is 1.48. The second kappa shape index (κ2) is 7.89. The third-order valence-electron chi connectivity index (χ3n) is 3.59. The van der Waals surface area contributed by atoms with Crippen LogP contribution in [0.5, 0.6) is 0 Å². The molecule has 2 aromatic rings. The standard InChI is InChI=1S/C18H21F2N/c1-2-21-13-15(11-14-7-9-17(19)10-8-14)12-16-5-3-4-6-18(16)20/h3-10,15,21H,2,11-13H2,1H3. The van der Waals surface area contributed by atoms with Gasteiger partial charge in [-0.05, 0) is 61.2 Å². The van der Waals surface area contributed by atoms with Gasteiger partial charge in [-0.2, -0.15) is 0 Å². The first-order chi connectivity index (χ1) is 10.2. The molecule has 2 rings (SSSR count). The first-order valence-electron chi connectivity index (χ1n) is 7.37. The predicted octanol–water partition coefficient (Wildman–Crippen LogP) is 3.98. The molecule has 0 fully saturated rings. The molecule has 0 amide bonds. The summed E-state index contributed by atoms with van der Waals surface area (Å²) >= 11 is 0. The molecule has 0 radical (unpaired) electrons. The highest BCUT2D eigenvalue weighted by atomic mass is 19.1. The zero-order valence-corrected chi connectivity index (χ0v) is 12.3. The first kappa shape index (κ1) is 15.6. The maximum Gasteiger partial charge on any atom is 0.126 e. The van der Waals surface area contributed by atoms with Gasteiger partial charge >= 0.3 is 0 Å². The van der Waals surface area contributed by atoms with Crippen molar-refractivity contribution in [2.24, 2.45) is 5.92 Å². The van der Waals surface area contributed by atoms with E-state index < -0.39 is 0 Å². The van der Waals surface area contributed by atoms with Gasteiger partial charge in [0.15, 0.2) is 0 Å². The minimum absolute atomic E-state index is 0.155. The van der Waals surface area contributed by atoms with Crippen molar-refractivity contribution >= 4 is 0 Å². The molecule has 0 heterocycles. The second-order valence-electron chi connectivity index (χ2n) is 5.30. The van der Waals surface area contributed by atoms with Gasteiger partial charge in [-0.3, -0.25) is 0 Å². The van der Waals surface area contributed by atoms with Crippen LogP contribution < -0.4 is 5.32 Å². The van der Waals surface area contributed by atoms with Crippen molar-refractivity contribution in [3.05, 3.63) is 71.3 Å². The number of hydrogen-bond donors (Lipinski definition) is 1. The quantitative estimate of drug-likeness (QED) is 0.813. The Labute approximate surface area is 125 Å². The minimum atomic E-state index is -0.226. The third-order valence-corrected chi connectivity index (χ3v) is 3.59. The van der Waals surface area contributed by atoms with Gasteiger partial charge < -0.3 is 5.32 Å². The summed E-state index contributed by atoms with van der Waals surface area (Å²) in [4.78, 5) is 0. The maximum atomic E-state index is 13.8. The van der Waals surface area contributed by atoms with E-state index in [0.717, 1.165) is 30.6 Å². The molecule has 0 bridgehead atoms. The molecule has 0 aliphatic carbocycles. The van der Waals surface area contributed by atoms with Gasteiger partial charge in [-0.1, -0.05) is 37.3 Å². The van der Waals surface area contributed by atoms with Gasteiger partial charge in [0.05, 0.1) is 0 Å². The zero-order chi connectivity index (χ0) is 15.1. The van der Waals surface area contributed by atoms with E-state index in [4.69, 9.17) is 0 Å². The van der Waals surface area contributed by atoms with Crippen LogP contribution in [0.4, 0.5) is 8.78 Å². The lowest BCUT2D eigenvalue weighted by atomic mass is 9.92. The van der Waals surface area contributed by atoms with Crippen LogP contribution in [-0.2, 0) is 12.8 Å². The molecule has 112 valence electrons. The van der Waals surface area contributed by atoms with E-state index in [-0.39, 0.29) is 17.6 Å². The summed E-state index contributed by atoms with van der Waals surface area (Å²) in [5.41, 5.74) is 1.82. The van der Waals surface area contributed by atoms with E-state index in [1.54, 1.807) is 18.2 Å². The van der Waals surface area contributed by atoms with Crippen LogP contribution in [0.2, 0.25) is 0 Å². The topological polar surface area (TPSA) is 12.0 Å². The number of nitrogens with one attached hydrogen (secondary N) is 1. The van der Waals surface area contributed by atoms with E-state index in [2.05, 4.69) is 12.2 Å².